The highest BCUT2D eigenvalue weighted by atomic mass is 35.5. The maximum Gasteiger partial charge on any atom is 0.246 e. The number of amides is 3. The molecule has 2 aromatic carbocycles. The third-order valence-electron chi connectivity index (χ3n) is 7.95. The number of nitrogens with two attached hydrogens (primary N) is 1. The van der Waals surface area contributed by atoms with Gasteiger partial charge < -0.3 is 39.0 Å². The van der Waals surface area contributed by atoms with Crippen molar-refractivity contribution in [2.45, 2.75) is 76.2 Å². The van der Waals surface area contributed by atoms with Gasteiger partial charge in [0.05, 0.1) is 12.1 Å². The number of nitrogens with one attached hydrogen (secondary N) is 3. The zero-order valence-corrected chi connectivity index (χ0v) is 23.6. The molecular formula is C30H41ClN5O3-. The second-order valence-electron chi connectivity index (χ2n) is 10.4. The van der Waals surface area contributed by atoms with Gasteiger partial charge in [0.1, 0.15) is 12.1 Å². The lowest BCUT2D eigenvalue weighted by Crippen LogP contribution is -3.00. The Labute approximate surface area is 237 Å². The van der Waals surface area contributed by atoms with Crippen molar-refractivity contribution in [1.29, 1.82) is 0 Å². The first-order chi connectivity index (χ1) is 18.4. The highest BCUT2D eigenvalue weighted by Crippen LogP contribution is 2.34. The second-order valence-corrected chi connectivity index (χ2v) is 10.4. The Hall–Kier alpha value is -2.94. The molecule has 39 heavy (non-hydrogen) atoms. The van der Waals surface area contributed by atoms with Gasteiger partial charge in [0.15, 0.2) is 0 Å². The molecule has 5 atom stereocenters. The van der Waals surface area contributed by atoms with E-state index in [1.165, 1.54) is 0 Å². The van der Waals surface area contributed by atoms with Crippen LogP contribution in [0.2, 0.25) is 0 Å². The Bertz CT molecular complexity index is 1050. The number of carbonyl (C=O) groups excluding carboxylic acids is 3. The van der Waals surface area contributed by atoms with Gasteiger partial charge in [0.2, 0.25) is 17.7 Å². The Morgan fingerprint density at radius 1 is 0.949 bits per heavy atom. The molecule has 2 aromatic rings. The van der Waals surface area contributed by atoms with Gasteiger partial charge in [-0.05, 0) is 49.8 Å². The zero-order valence-electron chi connectivity index (χ0n) is 22.8. The molecule has 0 aromatic heterocycles. The summed E-state index contributed by atoms with van der Waals surface area (Å²) in [5.74, 6) is -0.731. The van der Waals surface area contributed by atoms with Crippen molar-refractivity contribution in [2.24, 2.45) is 11.7 Å². The smallest absolute Gasteiger partial charge is 0.246 e. The van der Waals surface area contributed by atoms with E-state index in [0.29, 0.717) is 19.4 Å². The van der Waals surface area contributed by atoms with Gasteiger partial charge >= 0.3 is 0 Å². The summed E-state index contributed by atoms with van der Waals surface area (Å²) in [4.78, 5) is 42.4. The lowest BCUT2D eigenvalue weighted by Gasteiger charge is -2.33. The summed E-state index contributed by atoms with van der Waals surface area (Å²) >= 11 is 0. The Morgan fingerprint density at radius 2 is 1.54 bits per heavy atom. The average Bonchev–Trinajstić information content (AvgIpc) is 3.34. The van der Waals surface area contributed by atoms with Crippen LogP contribution in [0.5, 0.6) is 0 Å². The molecule has 2 saturated heterocycles. The molecule has 0 aliphatic carbocycles. The van der Waals surface area contributed by atoms with Crippen LogP contribution in [0.1, 0.15) is 63.1 Å². The van der Waals surface area contributed by atoms with Crippen LogP contribution >= 0.6 is 0 Å². The van der Waals surface area contributed by atoms with Gasteiger partial charge in [0, 0.05) is 18.5 Å². The number of hydrogen-bond acceptors (Lipinski definition) is 5. The van der Waals surface area contributed by atoms with Crippen molar-refractivity contribution in [3.8, 4) is 0 Å². The standard InChI is InChI=1S/C30H41N5O3.ClH/c1-3-24(31)28(36)34-27-22(19-32-4-2)15-16-23-17-18-25(35(23)30(27)38)29(37)33-26(20-11-7-5-8-12-20)21-13-9-6-10-14-21;/h5-14,22-27,32H,3-4,15-19,31H2,1-2H3,(H,33,37)(H,34,36);1H/p-1/t22-,23+,24+,25+,27+;/m1./s1. The molecule has 2 heterocycles. The van der Waals surface area contributed by atoms with Crippen LogP contribution in [0.3, 0.4) is 0 Å². The van der Waals surface area contributed by atoms with Gasteiger partial charge in [-0.1, -0.05) is 74.5 Å². The number of benzene rings is 2. The van der Waals surface area contributed by atoms with Crippen LogP contribution in [0, 0.1) is 5.92 Å². The monoisotopic (exact) mass is 554 g/mol. The van der Waals surface area contributed by atoms with Crippen LogP contribution in [0.4, 0.5) is 0 Å². The lowest BCUT2D eigenvalue weighted by atomic mass is 9.92. The van der Waals surface area contributed by atoms with E-state index in [4.69, 9.17) is 5.73 Å². The van der Waals surface area contributed by atoms with E-state index in [2.05, 4.69) is 16.0 Å². The molecule has 9 heteroatoms. The van der Waals surface area contributed by atoms with Crippen molar-refractivity contribution >= 4 is 17.7 Å². The highest BCUT2D eigenvalue weighted by molar-refractivity contribution is 5.94. The second kappa shape index (κ2) is 14.4. The largest absolute Gasteiger partial charge is 1.00 e. The highest BCUT2D eigenvalue weighted by Gasteiger charge is 2.47. The van der Waals surface area contributed by atoms with Crippen molar-refractivity contribution in [2.75, 3.05) is 13.1 Å². The van der Waals surface area contributed by atoms with E-state index in [-0.39, 0.29) is 48.1 Å². The van der Waals surface area contributed by atoms with Crippen molar-refractivity contribution in [3.63, 3.8) is 0 Å². The maximum absolute atomic E-state index is 14.1. The minimum Gasteiger partial charge on any atom is -1.00 e. The Balaban J connectivity index is 0.00000420. The zero-order chi connectivity index (χ0) is 27.1. The predicted octanol–water partition coefficient (Wildman–Crippen LogP) is -0.503. The van der Waals surface area contributed by atoms with Crippen molar-refractivity contribution in [3.05, 3.63) is 71.8 Å². The Kier molecular flexibility index (Phi) is 11.3. The summed E-state index contributed by atoms with van der Waals surface area (Å²) in [6.07, 6.45) is 3.46. The van der Waals surface area contributed by atoms with E-state index in [1.54, 1.807) is 4.90 Å². The van der Waals surface area contributed by atoms with Crippen LogP contribution in [0.15, 0.2) is 60.7 Å². The fraction of sp³-hybridized carbons (Fsp3) is 0.500. The molecule has 8 nitrogen and oxygen atoms in total. The van der Waals surface area contributed by atoms with Crippen molar-refractivity contribution < 1.29 is 26.8 Å². The molecule has 0 unspecified atom stereocenters. The summed E-state index contributed by atoms with van der Waals surface area (Å²) in [6, 6.07) is 17.4. The molecule has 212 valence electrons. The molecule has 2 aliphatic heterocycles. The molecule has 2 fully saturated rings. The number of hydrogen-bond donors (Lipinski definition) is 4. The van der Waals surface area contributed by atoms with Crippen molar-refractivity contribution in [1.82, 2.24) is 20.9 Å². The van der Waals surface area contributed by atoms with Gasteiger partial charge in [-0.15, -0.1) is 0 Å². The summed E-state index contributed by atoms with van der Waals surface area (Å²) < 4.78 is 0. The number of carbonyl (C=O) groups is 3. The molecule has 5 N–H and O–H groups in total. The van der Waals surface area contributed by atoms with E-state index in [0.717, 1.165) is 36.9 Å². The van der Waals surface area contributed by atoms with Crippen LogP contribution in [-0.4, -0.2) is 59.9 Å². The predicted molar refractivity (Wildman–Crippen MR) is 148 cm³/mol. The minimum absolute atomic E-state index is 0. The first kappa shape index (κ1) is 30.6. The van der Waals surface area contributed by atoms with E-state index >= 15 is 0 Å². The SMILES string of the molecule is CCNC[C@H]1CC[C@H]2CC[C@@H](C(=O)NC(c3ccccc3)c3ccccc3)N2C(=O)[C@H]1NC(=O)[C@@H](N)CC.[Cl-]. The van der Waals surface area contributed by atoms with Gasteiger partial charge in [0.25, 0.3) is 0 Å². The molecule has 0 spiro atoms. The minimum atomic E-state index is -0.711. The molecule has 4 rings (SSSR count). The third-order valence-corrected chi connectivity index (χ3v) is 7.95. The number of nitrogens with zero attached hydrogens (tertiary/aromatic N) is 1. The average molecular weight is 555 g/mol. The summed E-state index contributed by atoms with van der Waals surface area (Å²) in [5.41, 5.74) is 7.95. The van der Waals surface area contributed by atoms with E-state index in [1.807, 2.05) is 74.5 Å². The van der Waals surface area contributed by atoms with E-state index in [9.17, 15) is 14.4 Å². The maximum atomic E-state index is 14.1. The number of rotatable bonds is 10. The normalized spacial score (nSPS) is 23.4. The molecule has 0 radical (unpaired) electrons. The topological polar surface area (TPSA) is 117 Å². The van der Waals surface area contributed by atoms with Crippen LogP contribution in [0.25, 0.3) is 0 Å². The Morgan fingerprint density at radius 3 is 2.10 bits per heavy atom. The summed E-state index contributed by atoms with van der Waals surface area (Å²) in [5, 5.41) is 9.54. The molecular weight excluding hydrogens is 514 g/mol. The summed E-state index contributed by atoms with van der Waals surface area (Å²) in [6.45, 7) is 5.27. The summed E-state index contributed by atoms with van der Waals surface area (Å²) in [7, 11) is 0. The first-order valence-corrected chi connectivity index (χ1v) is 13.9. The van der Waals surface area contributed by atoms with E-state index < -0.39 is 18.1 Å². The van der Waals surface area contributed by atoms with Gasteiger partial charge in [-0.3, -0.25) is 14.4 Å². The number of halogens is 1. The fourth-order valence-corrected chi connectivity index (χ4v) is 5.76. The quantitative estimate of drug-likeness (QED) is 0.316. The molecule has 0 saturated carbocycles. The van der Waals surface area contributed by atoms with Crippen LogP contribution in [-0.2, 0) is 14.4 Å². The van der Waals surface area contributed by atoms with Gasteiger partial charge in [-0.25, -0.2) is 0 Å². The van der Waals surface area contributed by atoms with Gasteiger partial charge in [-0.2, -0.15) is 0 Å². The number of fused-ring (bicyclic) bond motifs is 1. The third kappa shape index (κ3) is 7.18. The molecule has 3 amide bonds. The first-order valence-electron chi connectivity index (χ1n) is 13.9. The van der Waals surface area contributed by atoms with Crippen LogP contribution < -0.4 is 34.1 Å². The molecule has 2 aliphatic rings. The molecule has 0 bridgehead atoms. The lowest BCUT2D eigenvalue weighted by molar-refractivity contribution is -0.143. The fourth-order valence-electron chi connectivity index (χ4n) is 5.76.